The van der Waals surface area contributed by atoms with Crippen molar-refractivity contribution in [3.8, 4) is 10.6 Å². The molecule has 2 unspecified atom stereocenters. The summed E-state index contributed by atoms with van der Waals surface area (Å²) in [6, 6.07) is 8.45. The number of nitrogens with one attached hydrogen (secondary N) is 1. The third kappa shape index (κ3) is 2.92. The van der Waals surface area contributed by atoms with Crippen LogP contribution in [-0.4, -0.2) is 40.2 Å². The van der Waals surface area contributed by atoms with E-state index in [2.05, 4.69) is 52.3 Å². The summed E-state index contributed by atoms with van der Waals surface area (Å²) >= 11 is 1.77. The minimum Gasteiger partial charge on any atom is -0.373 e. The molecule has 4 nitrogen and oxygen atoms in total. The minimum atomic E-state index is 0.285. The number of ether oxygens (including phenoxy) is 1. The van der Waals surface area contributed by atoms with Crippen LogP contribution in [0.4, 0.5) is 0 Å². The number of hydrogen-bond acceptors (Lipinski definition) is 4. The predicted octanol–water partition coefficient (Wildman–Crippen LogP) is 3.90. The van der Waals surface area contributed by atoms with Crippen molar-refractivity contribution >= 4 is 22.4 Å². The number of rotatable bonds is 3. The van der Waals surface area contributed by atoms with Crippen LogP contribution in [0.2, 0.25) is 0 Å². The second-order valence-corrected chi connectivity index (χ2v) is 7.25. The third-order valence-corrected chi connectivity index (χ3v) is 5.21. The first-order valence-corrected chi connectivity index (χ1v) is 8.96. The number of hydrogen-bond donors (Lipinski definition) is 1. The third-order valence-electron chi connectivity index (χ3n) is 4.32. The summed E-state index contributed by atoms with van der Waals surface area (Å²) in [5.41, 5.74) is 3.53. The molecule has 1 N–H and O–H groups in total. The van der Waals surface area contributed by atoms with Crippen LogP contribution < -0.4 is 0 Å². The molecule has 0 radical (unpaired) electrons. The second kappa shape index (κ2) is 6.07. The van der Waals surface area contributed by atoms with Gasteiger partial charge in [-0.05, 0) is 37.4 Å². The summed E-state index contributed by atoms with van der Waals surface area (Å²) in [5.74, 6) is 0. The van der Waals surface area contributed by atoms with Gasteiger partial charge in [-0.2, -0.15) is 0 Å². The van der Waals surface area contributed by atoms with Crippen molar-refractivity contribution in [3.05, 3.63) is 41.4 Å². The summed E-state index contributed by atoms with van der Waals surface area (Å²) in [4.78, 5) is 11.8. The fourth-order valence-electron chi connectivity index (χ4n) is 3.51. The van der Waals surface area contributed by atoms with E-state index >= 15 is 0 Å². The largest absolute Gasteiger partial charge is 0.373 e. The molecule has 1 aliphatic rings. The molecule has 3 aromatic heterocycles. The van der Waals surface area contributed by atoms with Crippen molar-refractivity contribution in [1.82, 2.24) is 14.9 Å². The van der Waals surface area contributed by atoms with E-state index in [1.165, 1.54) is 21.5 Å². The average molecular weight is 327 g/mol. The first kappa shape index (κ1) is 14.9. The Morgan fingerprint density at radius 1 is 1.26 bits per heavy atom. The number of morpholine rings is 1. The number of nitrogens with zero attached hydrogens (tertiary/aromatic N) is 2. The molecule has 23 heavy (non-hydrogen) atoms. The Balaban J connectivity index is 1.74. The molecule has 2 atom stereocenters. The van der Waals surface area contributed by atoms with Gasteiger partial charge in [-0.15, -0.1) is 11.3 Å². The van der Waals surface area contributed by atoms with Crippen molar-refractivity contribution in [1.29, 1.82) is 0 Å². The van der Waals surface area contributed by atoms with Gasteiger partial charge in [0.05, 0.1) is 22.8 Å². The van der Waals surface area contributed by atoms with Crippen molar-refractivity contribution < 1.29 is 4.74 Å². The molecule has 0 aliphatic carbocycles. The summed E-state index contributed by atoms with van der Waals surface area (Å²) < 4.78 is 5.87. The van der Waals surface area contributed by atoms with E-state index < -0.39 is 0 Å². The Morgan fingerprint density at radius 2 is 2.09 bits per heavy atom. The van der Waals surface area contributed by atoms with Crippen molar-refractivity contribution in [3.63, 3.8) is 0 Å². The van der Waals surface area contributed by atoms with Gasteiger partial charge in [0.1, 0.15) is 5.65 Å². The van der Waals surface area contributed by atoms with Gasteiger partial charge in [-0.3, -0.25) is 4.90 Å². The number of aromatic amines is 1. The van der Waals surface area contributed by atoms with E-state index in [-0.39, 0.29) is 12.2 Å². The van der Waals surface area contributed by atoms with Crippen LogP contribution in [0.25, 0.3) is 21.6 Å². The zero-order chi connectivity index (χ0) is 15.8. The number of thiophene rings is 1. The lowest BCUT2D eigenvalue weighted by Crippen LogP contribution is -2.44. The molecule has 4 heterocycles. The molecule has 1 saturated heterocycles. The highest BCUT2D eigenvalue weighted by atomic mass is 32.1. The molecule has 0 saturated carbocycles. The predicted molar refractivity (Wildman–Crippen MR) is 94.7 cm³/mol. The molecule has 5 heteroatoms. The van der Waals surface area contributed by atoms with Crippen LogP contribution in [0, 0.1) is 0 Å². The summed E-state index contributed by atoms with van der Waals surface area (Å²) in [5, 5.41) is 3.35. The molecule has 0 aromatic carbocycles. The van der Waals surface area contributed by atoms with Crippen LogP contribution in [0.5, 0.6) is 0 Å². The Labute approximate surface area is 140 Å². The minimum absolute atomic E-state index is 0.285. The number of fused-ring (bicyclic) bond motifs is 1. The van der Waals surface area contributed by atoms with Gasteiger partial charge in [0, 0.05) is 36.8 Å². The summed E-state index contributed by atoms with van der Waals surface area (Å²) in [7, 11) is 0. The first-order valence-electron chi connectivity index (χ1n) is 8.08. The van der Waals surface area contributed by atoms with E-state index in [1.807, 2.05) is 12.3 Å². The van der Waals surface area contributed by atoms with Gasteiger partial charge in [0.2, 0.25) is 0 Å². The zero-order valence-corrected chi connectivity index (χ0v) is 14.3. The molecule has 4 rings (SSSR count). The highest BCUT2D eigenvalue weighted by molar-refractivity contribution is 7.13. The highest BCUT2D eigenvalue weighted by Crippen LogP contribution is 2.33. The topological polar surface area (TPSA) is 41.2 Å². The summed E-state index contributed by atoms with van der Waals surface area (Å²) in [6.45, 7) is 7.18. The molecule has 120 valence electrons. The molecule has 0 bridgehead atoms. The fraction of sp³-hybridized carbons (Fsp3) is 0.389. The Bertz CT molecular complexity index is 786. The van der Waals surface area contributed by atoms with E-state index in [1.54, 1.807) is 11.3 Å². The molecular weight excluding hydrogens is 306 g/mol. The van der Waals surface area contributed by atoms with Crippen molar-refractivity contribution in [2.24, 2.45) is 0 Å². The maximum absolute atomic E-state index is 5.87. The maximum Gasteiger partial charge on any atom is 0.138 e. The van der Waals surface area contributed by atoms with Gasteiger partial charge in [0.15, 0.2) is 0 Å². The lowest BCUT2D eigenvalue weighted by molar-refractivity contribution is -0.0703. The number of pyridine rings is 1. The first-order chi connectivity index (χ1) is 11.2. The van der Waals surface area contributed by atoms with Gasteiger partial charge in [-0.25, -0.2) is 4.98 Å². The molecular formula is C18H21N3OS. The summed E-state index contributed by atoms with van der Waals surface area (Å²) in [6.07, 6.45) is 2.42. The SMILES string of the molecule is CC1CN(Cc2c(-c3cccs3)[nH]c3ncccc23)CC(C)O1. The van der Waals surface area contributed by atoms with Crippen LogP contribution in [-0.2, 0) is 11.3 Å². The average Bonchev–Trinajstić information content (AvgIpc) is 3.14. The standard InChI is InChI=1S/C18H21N3OS/c1-12-9-21(10-13(2)22-12)11-15-14-5-3-7-19-18(14)20-17(15)16-6-4-8-23-16/h3-8,12-13H,9-11H2,1-2H3,(H,19,20). The van der Waals surface area contributed by atoms with E-state index in [0.717, 1.165) is 25.3 Å². The van der Waals surface area contributed by atoms with Crippen LogP contribution >= 0.6 is 11.3 Å². The van der Waals surface area contributed by atoms with Crippen molar-refractivity contribution in [2.75, 3.05) is 13.1 Å². The zero-order valence-electron chi connectivity index (χ0n) is 13.5. The Kier molecular flexibility index (Phi) is 3.93. The second-order valence-electron chi connectivity index (χ2n) is 6.31. The number of aromatic nitrogens is 2. The van der Waals surface area contributed by atoms with E-state index in [4.69, 9.17) is 4.74 Å². The van der Waals surface area contributed by atoms with Crippen molar-refractivity contribution in [2.45, 2.75) is 32.6 Å². The normalized spacial score (nSPS) is 22.7. The lowest BCUT2D eigenvalue weighted by Gasteiger charge is -2.35. The van der Waals surface area contributed by atoms with Gasteiger partial charge >= 0.3 is 0 Å². The van der Waals surface area contributed by atoms with Gasteiger partial charge in [-0.1, -0.05) is 6.07 Å². The fourth-order valence-corrected chi connectivity index (χ4v) is 4.26. The van der Waals surface area contributed by atoms with Crippen LogP contribution in [0.1, 0.15) is 19.4 Å². The Hall–Kier alpha value is -1.69. The quantitative estimate of drug-likeness (QED) is 0.793. The Morgan fingerprint density at radius 3 is 2.83 bits per heavy atom. The monoisotopic (exact) mass is 327 g/mol. The van der Waals surface area contributed by atoms with Gasteiger partial charge in [0.25, 0.3) is 0 Å². The lowest BCUT2D eigenvalue weighted by atomic mass is 10.1. The molecule has 1 aliphatic heterocycles. The molecule has 0 amide bonds. The smallest absolute Gasteiger partial charge is 0.138 e. The maximum atomic E-state index is 5.87. The van der Waals surface area contributed by atoms with Crippen LogP contribution in [0.3, 0.4) is 0 Å². The molecule has 0 spiro atoms. The van der Waals surface area contributed by atoms with Crippen LogP contribution in [0.15, 0.2) is 35.8 Å². The molecule has 1 fully saturated rings. The van der Waals surface area contributed by atoms with Gasteiger partial charge < -0.3 is 9.72 Å². The number of H-pyrrole nitrogens is 1. The van der Waals surface area contributed by atoms with E-state index in [9.17, 15) is 0 Å². The van der Waals surface area contributed by atoms with E-state index in [0.29, 0.717) is 0 Å². The molecule has 3 aromatic rings. The highest BCUT2D eigenvalue weighted by Gasteiger charge is 2.24.